The summed E-state index contributed by atoms with van der Waals surface area (Å²) in [5.41, 5.74) is 0.630. The Balaban J connectivity index is 2.40. The first-order valence-electron chi connectivity index (χ1n) is 5.08. The van der Waals surface area contributed by atoms with Gasteiger partial charge in [0.1, 0.15) is 16.7 Å². The van der Waals surface area contributed by atoms with E-state index in [1.807, 2.05) is 6.07 Å². The Kier molecular flexibility index (Phi) is 3.15. The van der Waals surface area contributed by atoms with Crippen LogP contribution in [-0.2, 0) is 6.54 Å². The second-order valence-corrected chi connectivity index (χ2v) is 4.11. The van der Waals surface area contributed by atoms with Crippen molar-refractivity contribution >= 4 is 11.6 Å². The average Bonchev–Trinajstić information content (AvgIpc) is 2.23. The molecular weight excluding hydrogens is 240 g/mol. The summed E-state index contributed by atoms with van der Waals surface area (Å²) in [6.07, 6.45) is 0. The summed E-state index contributed by atoms with van der Waals surface area (Å²) < 4.78 is 1.50. The minimum absolute atomic E-state index is 0.176. The van der Waals surface area contributed by atoms with Crippen LogP contribution in [0, 0.1) is 6.92 Å². The fourth-order valence-corrected chi connectivity index (χ4v) is 1.83. The van der Waals surface area contributed by atoms with Crippen LogP contribution in [0.5, 0.6) is 5.75 Å². The van der Waals surface area contributed by atoms with Crippen LogP contribution in [0.4, 0.5) is 0 Å². The molecule has 2 rings (SSSR count). The molecule has 2 aromatic rings. The Bertz CT molecular complexity index is 608. The molecule has 0 unspecified atom stereocenters. The number of phenols is 1. The highest BCUT2D eigenvalue weighted by Gasteiger charge is 2.05. The smallest absolute Gasteiger partial charge is 0.255 e. The molecule has 0 radical (unpaired) electrons. The second kappa shape index (κ2) is 4.59. The standard InChI is InChI=1S/C12H11ClN2O2/c1-8-14-11(13)6-12(17)15(8)7-9-3-2-4-10(16)5-9/h2-6,16H,7H2,1H3. The molecule has 0 saturated heterocycles. The van der Waals surface area contributed by atoms with Gasteiger partial charge in [0.25, 0.3) is 5.56 Å². The lowest BCUT2D eigenvalue weighted by atomic mass is 10.2. The van der Waals surface area contributed by atoms with Crippen LogP contribution < -0.4 is 5.56 Å². The van der Waals surface area contributed by atoms with Crippen LogP contribution in [0.15, 0.2) is 35.1 Å². The number of hydrogen-bond donors (Lipinski definition) is 1. The maximum atomic E-state index is 11.7. The summed E-state index contributed by atoms with van der Waals surface area (Å²) in [5, 5.41) is 9.54. The molecule has 4 nitrogen and oxygen atoms in total. The zero-order valence-electron chi connectivity index (χ0n) is 9.22. The summed E-state index contributed by atoms with van der Waals surface area (Å²) in [6, 6.07) is 8.03. The topological polar surface area (TPSA) is 55.1 Å². The van der Waals surface area contributed by atoms with E-state index in [2.05, 4.69) is 4.98 Å². The molecule has 0 atom stereocenters. The fraction of sp³-hybridized carbons (Fsp3) is 0.167. The molecule has 0 aliphatic rings. The van der Waals surface area contributed by atoms with E-state index in [-0.39, 0.29) is 16.5 Å². The van der Waals surface area contributed by atoms with E-state index in [0.717, 1.165) is 5.56 Å². The Morgan fingerprint density at radius 3 is 2.82 bits per heavy atom. The van der Waals surface area contributed by atoms with Gasteiger partial charge in [-0.15, -0.1) is 0 Å². The van der Waals surface area contributed by atoms with E-state index in [9.17, 15) is 9.90 Å². The van der Waals surface area contributed by atoms with E-state index in [4.69, 9.17) is 11.6 Å². The van der Waals surface area contributed by atoms with Gasteiger partial charge in [0, 0.05) is 6.07 Å². The number of nitrogens with zero attached hydrogens (tertiary/aromatic N) is 2. The molecule has 0 amide bonds. The van der Waals surface area contributed by atoms with Gasteiger partial charge < -0.3 is 5.11 Å². The van der Waals surface area contributed by atoms with Crippen molar-refractivity contribution in [1.29, 1.82) is 0 Å². The fourth-order valence-electron chi connectivity index (χ4n) is 1.62. The van der Waals surface area contributed by atoms with Gasteiger partial charge in [-0.3, -0.25) is 9.36 Å². The zero-order chi connectivity index (χ0) is 12.4. The predicted octanol–water partition coefficient (Wildman–Crippen LogP) is 1.96. The number of phenolic OH excluding ortho intramolecular Hbond substituents is 1. The highest BCUT2D eigenvalue weighted by atomic mass is 35.5. The molecule has 0 aliphatic heterocycles. The highest BCUT2D eigenvalue weighted by molar-refractivity contribution is 6.29. The molecule has 1 aromatic carbocycles. The Hall–Kier alpha value is -1.81. The van der Waals surface area contributed by atoms with Gasteiger partial charge in [0.2, 0.25) is 0 Å². The number of aromatic hydroxyl groups is 1. The zero-order valence-corrected chi connectivity index (χ0v) is 9.98. The van der Waals surface area contributed by atoms with Crippen molar-refractivity contribution in [1.82, 2.24) is 9.55 Å². The number of rotatable bonds is 2. The molecule has 0 aliphatic carbocycles. The van der Waals surface area contributed by atoms with Crippen LogP contribution in [0.2, 0.25) is 5.15 Å². The van der Waals surface area contributed by atoms with E-state index < -0.39 is 0 Å². The van der Waals surface area contributed by atoms with Gasteiger partial charge in [-0.05, 0) is 24.6 Å². The molecule has 1 N–H and O–H groups in total. The molecule has 1 heterocycles. The van der Waals surface area contributed by atoms with Crippen molar-refractivity contribution in [2.75, 3.05) is 0 Å². The summed E-state index contributed by atoms with van der Waals surface area (Å²) in [6.45, 7) is 2.08. The summed E-state index contributed by atoms with van der Waals surface area (Å²) in [5.74, 6) is 0.723. The first kappa shape index (κ1) is 11.7. The first-order valence-corrected chi connectivity index (χ1v) is 5.46. The monoisotopic (exact) mass is 250 g/mol. The normalized spacial score (nSPS) is 10.5. The third-order valence-corrected chi connectivity index (χ3v) is 2.61. The van der Waals surface area contributed by atoms with Crippen molar-refractivity contribution in [3.05, 3.63) is 57.2 Å². The quantitative estimate of drug-likeness (QED) is 0.829. The molecule has 5 heteroatoms. The minimum Gasteiger partial charge on any atom is -0.508 e. The number of aromatic nitrogens is 2. The summed E-state index contributed by atoms with van der Waals surface area (Å²) >= 11 is 5.69. The van der Waals surface area contributed by atoms with Crippen molar-refractivity contribution < 1.29 is 5.11 Å². The van der Waals surface area contributed by atoms with Crippen LogP contribution in [0.25, 0.3) is 0 Å². The maximum absolute atomic E-state index is 11.7. The molecule has 0 saturated carbocycles. The number of aryl methyl sites for hydroxylation is 1. The molecule has 0 spiro atoms. The van der Waals surface area contributed by atoms with Gasteiger partial charge >= 0.3 is 0 Å². The number of benzene rings is 1. The van der Waals surface area contributed by atoms with Crippen molar-refractivity contribution in [3.63, 3.8) is 0 Å². The van der Waals surface area contributed by atoms with Gasteiger partial charge in [-0.25, -0.2) is 4.98 Å². The maximum Gasteiger partial charge on any atom is 0.255 e. The van der Waals surface area contributed by atoms with Crippen LogP contribution in [0.1, 0.15) is 11.4 Å². The average molecular weight is 251 g/mol. The highest BCUT2D eigenvalue weighted by Crippen LogP contribution is 2.12. The van der Waals surface area contributed by atoms with Crippen LogP contribution in [-0.4, -0.2) is 14.7 Å². The van der Waals surface area contributed by atoms with E-state index >= 15 is 0 Å². The van der Waals surface area contributed by atoms with Crippen molar-refractivity contribution in [2.45, 2.75) is 13.5 Å². The molecule has 88 valence electrons. The second-order valence-electron chi connectivity index (χ2n) is 3.72. The lowest BCUT2D eigenvalue weighted by Gasteiger charge is -2.09. The minimum atomic E-state index is -0.203. The summed E-state index contributed by atoms with van der Waals surface area (Å²) in [7, 11) is 0. The SMILES string of the molecule is Cc1nc(Cl)cc(=O)n1Cc1cccc(O)c1. The van der Waals surface area contributed by atoms with E-state index in [0.29, 0.717) is 12.4 Å². The lowest BCUT2D eigenvalue weighted by molar-refractivity contribution is 0.474. The van der Waals surface area contributed by atoms with Crippen molar-refractivity contribution in [2.24, 2.45) is 0 Å². The summed E-state index contributed by atoms with van der Waals surface area (Å²) in [4.78, 5) is 15.7. The van der Waals surface area contributed by atoms with Gasteiger partial charge in [-0.2, -0.15) is 0 Å². The van der Waals surface area contributed by atoms with E-state index in [1.54, 1.807) is 25.1 Å². The number of hydrogen-bond acceptors (Lipinski definition) is 3. The largest absolute Gasteiger partial charge is 0.508 e. The lowest BCUT2D eigenvalue weighted by Crippen LogP contribution is -2.23. The predicted molar refractivity (Wildman–Crippen MR) is 65.5 cm³/mol. The third-order valence-electron chi connectivity index (χ3n) is 2.42. The van der Waals surface area contributed by atoms with Crippen LogP contribution in [0.3, 0.4) is 0 Å². The third kappa shape index (κ3) is 2.65. The van der Waals surface area contributed by atoms with Gasteiger partial charge in [0.05, 0.1) is 6.54 Å². The van der Waals surface area contributed by atoms with Crippen LogP contribution >= 0.6 is 11.6 Å². The van der Waals surface area contributed by atoms with E-state index in [1.165, 1.54) is 10.6 Å². The molecule has 1 aromatic heterocycles. The van der Waals surface area contributed by atoms with Gasteiger partial charge in [-0.1, -0.05) is 23.7 Å². The molecule has 17 heavy (non-hydrogen) atoms. The molecule has 0 bridgehead atoms. The van der Waals surface area contributed by atoms with Gasteiger partial charge in [0.15, 0.2) is 0 Å². The Morgan fingerprint density at radius 1 is 1.41 bits per heavy atom. The molecular formula is C12H11ClN2O2. The Labute approximate surface area is 103 Å². The Morgan fingerprint density at radius 2 is 2.18 bits per heavy atom. The first-order chi connectivity index (χ1) is 8.06. The van der Waals surface area contributed by atoms with Crippen molar-refractivity contribution in [3.8, 4) is 5.75 Å². The number of halogens is 1. The molecule has 0 fully saturated rings.